The Hall–Kier alpha value is -3.80. The molecular weight excluding hydrogens is 440 g/mol. The van der Waals surface area contributed by atoms with Crippen molar-refractivity contribution in [1.29, 1.82) is 0 Å². The average Bonchev–Trinajstić information content (AvgIpc) is 3.32. The van der Waals surface area contributed by atoms with Gasteiger partial charge in [0.15, 0.2) is 0 Å². The molecule has 6 nitrogen and oxygen atoms in total. The minimum atomic E-state index is -0.408. The molecule has 180 valence electrons. The topological polar surface area (TPSA) is 74.8 Å². The van der Waals surface area contributed by atoms with E-state index in [2.05, 4.69) is 26.0 Å². The summed E-state index contributed by atoms with van der Waals surface area (Å²) < 4.78 is 0. The number of amides is 4. The van der Waals surface area contributed by atoms with E-state index in [9.17, 15) is 19.2 Å². The molecule has 2 heterocycles. The number of aryl methyl sites for hydroxylation is 4. The number of benzene rings is 2. The fraction of sp³-hybridized carbons (Fsp3) is 0.310. The van der Waals surface area contributed by atoms with E-state index in [0.717, 1.165) is 33.4 Å². The molecule has 0 fully saturated rings. The van der Waals surface area contributed by atoms with Crippen molar-refractivity contribution in [3.8, 4) is 0 Å². The first-order valence-corrected chi connectivity index (χ1v) is 11.9. The molecule has 0 N–H and O–H groups in total. The van der Waals surface area contributed by atoms with Gasteiger partial charge in [0.2, 0.25) is 0 Å². The van der Waals surface area contributed by atoms with Gasteiger partial charge in [-0.05, 0) is 60.1 Å². The summed E-state index contributed by atoms with van der Waals surface area (Å²) in [6.07, 6.45) is 6.56. The van der Waals surface area contributed by atoms with Crippen molar-refractivity contribution < 1.29 is 19.2 Å². The zero-order valence-corrected chi connectivity index (χ0v) is 21.1. The maximum Gasteiger partial charge on any atom is 0.258 e. The van der Waals surface area contributed by atoms with Crippen molar-refractivity contribution >= 4 is 35.0 Å². The van der Waals surface area contributed by atoms with Crippen molar-refractivity contribution in [1.82, 2.24) is 0 Å². The molecule has 4 rings (SSSR count). The number of imide groups is 2. The van der Waals surface area contributed by atoms with Crippen LogP contribution < -0.4 is 9.80 Å². The quantitative estimate of drug-likeness (QED) is 0.578. The third kappa shape index (κ3) is 3.93. The second-order valence-electron chi connectivity index (χ2n) is 9.62. The summed E-state index contributed by atoms with van der Waals surface area (Å²) in [4.78, 5) is 52.0. The van der Waals surface area contributed by atoms with Gasteiger partial charge in [-0.3, -0.25) is 19.2 Å². The third-order valence-corrected chi connectivity index (χ3v) is 7.03. The average molecular weight is 471 g/mol. The molecule has 2 aromatic rings. The van der Waals surface area contributed by atoms with E-state index in [1.807, 2.05) is 39.8 Å². The highest BCUT2D eigenvalue weighted by Gasteiger charge is 2.33. The highest BCUT2D eigenvalue weighted by Crippen LogP contribution is 2.40. The zero-order chi connectivity index (χ0) is 25.7. The molecule has 2 aliphatic heterocycles. The van der Waals surface area contributed by atoms with Crippen molar-refractivity contribution in [3.05, 3.63) is 82.0 Å². The second kappa shape index (κ2) is 8.77. The molecule has 4 amide bonds. The Balaban J connectivity index is 1.81. The molecule has 6 heteroatoms. The predicted molar refractivity (Wildman–Crippen MR) is 137 cm³/mol. The van der Waals surface area contributed by atoms with Gasteiger partial charge < -0.3 is 0 Å². The smallest absolute Gasteiger partial charge is 0.258 e. The van der Waals surface area contributed by atoms with E-state index in [1.54, 1.807) is 0 Å². The summed E-state index contributed by atoms with van der Waals surface area (Å²) in [6, 6.07) is 8.24. The fourth-order valence-corrected chi connectivity index (χ4v) is 5.01. The summed E-state index contributed by atoms with van der Waals surface area (Å²) in [7, 11) is 0. The normalized spacial score (nSPS) is 15.8. The number of carbonyl (C=O) groups is 4. The number of rotatable bonds is 6. The number of hydrogen-bond donors (Lipinski definition) is 0. The van der Waals surface area contributed by atoms with E-state index in [0.29, 0.717) is 24.2 Å². The van der Waals surface area contributed by atoms with Gasteiger partial charge in [0.1, 0.15) is 0 Å². The maximum atomic E-state index is 12.4. The standard InChI is InChI=1S/C29H30N2O4/c1-7-19-15-21(13-17(3)27(19)30-23(32)9-10-24(30)33)29(5,6)22-14-18(4)28(20(8-2)16-22)31-25(34)11-12-26(31)35/h9-16H,7-8H2,1-6H3. The summed E-state index contributed by atoms with van der Waals surface area (Å²) >= 11 is 0. The molecule has 0 bridgehead atoms. The summed E-state index contributed by atoms with van der Waals surface area (Å²) in [5.41, 5.74) is 6.62. The number of carbonyl (C=O) groups excluding carboxylic acids is 4. The molecule has 0 atom stereocenters. The van der Waals surface area contributed by atoms with Crippen LogP contribution >= 0.6 is 0 Å². The molecule has 0 aliphatic carbocycles. The molecule has 0 spiro atoms. The highest BCUT2D eigenvalue weighted by molar-refractivity contribution is 6.29. The van der Waals surface area contributed by atoms with Gasteiger partial charge in [0.25, 0.3) is 23.6 Å². The Bertz CT molecular complexity index is 1210. The summed E-state index contributed by atoms with van der Waals surface area (Å²) in [6.45, 7) is 12.2. The molecule has 0 radical (unpaired) electrons. The van der Waals surface area contributed by atoms with Gasteiger partial charge in [-0.2, -0.15) is 0 Å². The van der Waals surface area contributed by atoms with Gasteiger partial charge in [0, 0.05) is 29.7 Å². The van der Waals surface area contributed by atoms with E-state index in [4.69, 9.17) is 0 Å². The molecule has 0 unspecified atom stereocenters. The Morgan fingerprint density at radius 2 is 0.914 bits per heavy atom. The van der Waals surface area contributed by atoms with Crippen molar-refractivity contribution in [3.63, 3.8) is 0 Å². The second-order valence-corrected chi connectivity index (χ2v) is 9.62. The fourth-order valence-electron chi connectivity index (χ4n) is 5.01. The molecule has 0 saturated heterocycles. The van der Waals surface area contributed by atoms with Gasteiger partial charge in [-0.1, -0.05) is 52.0 Å². The van der Waals surface area contributed by atoms with E-state index in [-0.39, 0.29) is 23.6 Å². The SMILES string of the molecule is CCc1cc(C(C)(C)c2cc(C)c(N3C(=O)C=CC3=O)c(CC)c2)cc(C)c1N1C(=O)C=CC1=O. The minimum Gasteiger partial charge on any atom is -0.269 e. The van der Waals surface area contributed by atoms with Gasteiger partial charge in [-0.15, -0.1) is 0 Å². The van der Waals surface area contributed by atoms with Crippen molar-refractivity contribution in [2.75, 3.05) is 9.80 Å². The monoisotopic (exact) mass is 470 g/mol. The van der Waals surface area contributed by atoms with Crippen LogP contribution in [0.3, 0.4) is 0 Å². The lowest BCUT2D eigenvalue weighted by molar-refractivity contribution is -0.121. The summed E-state index contributed by atoms with van der Waals surface area (Å²) in [5, 5.41) is 0. The lowest BCUT2D eigenvalue weighted by Crippen LogP contribution is -2.32. The van der Waals surface area contributed by atoms with Crippen LogP contribution in [-0.2, 0) is 37.4 Å². The first kappa shape index (κ1) is 24.3. The summed E-state index contributed by atoms with van der Waals surface area (Å²) in [5.74, 6) is -1.28. The first-order chi connectivity index (χ1) is 16.5. The third-order valence-electron chi connectivity index (χ3n) is 7.03. The van der Waals surface area contributed by atoms with Crippen LogP contribution in [0.1, 0.15) is 61.1 Å². The van der Waals surface area contributed by atoms with Crippen LogP contribution in [0.15, 0.2) is 48.6 Å². The molecule has 0 aromatic heterocycles. The maximum absolute atomic E-state index is 12.4. The van der Waals surface area contributed by atoms with Crippen LogP contribution in [0.25, 0.3) is 0 Å². The first-order valence-electron chi connectivity index (χ1n) is 11.9. The van der Waals surface area contributed by atoms with Crippen LogP contribution in [0, 0.1) is 13.8 Å². The van der Waals surface area contributed by atoms with Crippen LogP contribution in [0.5, 0.6) is 0 Å². The molecule has 0 saturated carbocycles. The largest absolute Gasteiger partial charge is 0.269 e. The number of nitrogens with zero attached hydrogens (tertiary/aromatic N) is 2. The predicted octanol–water partition coefficient (Wildman–Crippen LogP) is 4.61. The number of hydrogen-bond acceptors (Lipinski definition) is 4. The Morgan fingerprint density at radius 3 is 1.20 bits per heavy atom. The molecule has 35 heavy (non-hydrogen) atoms. The van der Waals surface area contributed by atoms with Gasteiger partial charge in [-0.25, -0.2) is 9.80 Å². The van der Waals surface area contributed by atoms with E-state index < -0.39 is 5.41 Å². The number of anilines is 2. The lowest BCUT2D eigenvalue weighted by Gasteiger charge is -2.31. The Kier molecular flexibility index (Phi) is 6.09. The van der Waals surface area contributed by atoms with Crippen LogP contribution in [0.4, 0.5) is 11.4 Å². The lowest BCUT2D eigenvalue weighted by atomic mass is 9.75. The van der Waals surface area contributed by atoms with Gasteiger partial charge >= 0.3 is 0 Å². The van der Waals surface area contributed by atoms with Crippen molar-refractivity contribution in [2.24, 2.45) is 0 Å². The molecular formula is C29H30N2O4. The van der Waals surface area contributed by atoms with Gasteiger partial charge in [0.05, 0.1) is 11.4 Å². The zero-order valence-electron chi connectivity index (χ0n) is 21.1. The van der Waals surface area contributed by atoms with Crippen molar-refractivity contribution in [2.45, 2.75) is 59.8 Å². The minimum absolute atomic E-state index is 0.320. The Labute approximate surface area is 205 Å². The van der Waals surface area contributed by atoms with E-state index >= 15 is 0 Å². The molecule has 2 aliphatic rings. The molecule has 2 aromatic carbocycles. The van der Waals surface area contributed by atoms with E-state index in [1.165, 1.54) is 34.1 Å². The van der Waals surface area contributed by atoms with Crippen LogP contribution in [-0.4, -0.2) is 23.6 Å². The van der Waals surface area contributed by atoms with Crippen LogP contribution in [0.2, 0.25) is 0 Å². The Morgan fingerprint density at radius 1 is 0.600 bits per heavy atom. The highest BCUT2D eigenvalue weighted by atomic mass is 16.2.